The van der Waals surface area contributed by atoms with Gasteiger partial charge >= 0.3 is 5.84 Å². The second-order valence-corrected chi connectivity index (χ2v) is 7.59. The first-order valence-corrected chi connectivity index (χ1v) is 9.69. The van der Waals surface area contributed by atoms with Gasteiger partial charge in [0.15, 0.2) is 0 Å². The van der Waals surface area contributed by atoms with Gasteiger partial charge in [-0.2, -0.15) is 0 Å². The molecule has 4 aromatic rings. The summed E-state index contributed by atoms with van der Waals surface area (Å²) in [6.45, 7) is 0. The molecular formula is C24H17N3O2. The summed E-state index contributed by atoms with van der Waals surface area (Å²) in [5.41, 5.74) is 2.15. The molecule has 1 saturated heterocycles. The Balaban J connectivity index is 1.51. The molecule has 2 aliphatic rings. The van der Waals surface area contributed by atoms with Gasteiger partial charge in [-0.25, -0.2) is 4.90 Å². The average molecular weight is 379 g/mol. The van der Waals surface area contributed by atoms with E-state index in [1.807, 2.05) is 42.5 Å². The highest BCUT2D eigenvalue weighted by molar-refractivity contribution is 5.93. The number of fused-ring (bicyclic) bond motifs is 3. The predicted molar refractivity (Wildman–Crippen MR) is 113 cm³/mol. The Morgan fingerprint density at radius 2 is 1.28 bits per heavy atom. The lowest BCUT2D eigenvalue weighted by molar-refractivity contribution is -0.352. The Labute approximate surface area is 167 Å². The van der Waals surface area contributed by atoms with E-state index >= 15 is 0 Å². The first-order valence-electron chi connectivity index (χ1n) is 9.69. The zero-order chi connectivity index (χ0) is 19.5. The van der Waals surface area contributed by atoms with E-state index in [4.69, 9.17) is 0 Å². The van der Waals surface area contributed by atoms with Crippen LogP contribution in [-0.2, 0) is 0 Å². The van der Waals surface area contributed by atoms with Crippen molar-refractivity contribution in [1.29, 1.82) is 0 Å². The van der Waals surface area contributed by atoms with Crippen LogP contribution in [0.25, 0.3) is 21.5 Å². The molecule has 4 aromatic carbocycles. The molecule has 4 unspecified atom stereocenters. The van der Waals surface area contributed by atoms with Gasteiger partial charge in [-0.3, -0.25) is 0 Å². The van der Waals surface area contributed by atoms with E-state index in [2.05, 4.69) is 52.4 Å². The largest absolute Gasteiger partial charge is 0.358 e. The molecule has 6 rings (SSSR count). The molecule has 0 N–H and O–H groups in total. The quantitative estimate of drug-likeness (QED) is 0.276. The molecule has 0 amide bonds. The van der Waals surface area contributed by atoms with E-state index < -0.39 is 0 Å². The first-order chi connectivity index (χ1) is 14.2. The normalized spacial score (nSPS) is 25.0. The molecule has 4 atom stereocenters. The van der Waals surface area contributed by atoms with Crippen LogP contribution in [0.1, 0.15) is 23.3 Å². The van der Waals surface area contributed by atoms with Crippen molar-refractivity contribution in [3.63, 3.8) is 0 Å². The fraction of sp³-hybridized carbons (Fsp3) is 0.125. The summed E-state index contributed by atoms with van der Waals surface area (Å²) < 4.78 is 0. The highest BCUT2D eigenvalue weighted by Gasteiger charge is 2.66. The van der Waals surface area contributed by atoms with Crippen molar-refractivity contribution >= 4 is 27.4 Å². The Morgan fingerprint density at radius 3 is 1.93 bits per heavy atom. The van der Waals surface area contributed by atoms with E-state index in [9.17, 15) is 10.1 Å². The van der Waals surface area contributed by atoms with Crippen LogP contribution in [0.2, 0.25) is 0 Å². The second kappa shape index (κ2) is 5.96. The highest BCUT2D eigenvalue weighted by Crippen LogP contribution is 2.56. The molecule has 5 nitrogen and oxygen atoms in total. The fourth-order valence-corrected chi connectivity index (χ4v) is 4.79. The molecule has 2 aliphatic heterocycles. The van der Waals surface area contributed by atoms with Crippen LogP contribution in [0.15, 0.2) is 89.9 Å². The zero-order valence-electron chi connectivity index (χ0n) is 15.5. The summed E-state index contributed by atoms with van der Waals surface area (Å²) in [7, 11) is 0. The molecule has 5 heteroatoms. The van der Waals surface area contributed by atoms with Crippen molar-refractivity contribution in [2.24, 2.45) is 4.99 Å². The molecule has 1 fully saturated rings. The van der Waals surface area contributed by atoms with E-state index in [-0.39, 0.29) is 29.0 Å². The Morgan fingerprint density at radius 1 is 0.724 bits per heavy atom. The van der Waals surface area contributed by atoms with E-state index in [0.29, 0.717) is 0 Å². The zero-order valence-corrected chi connectivity index (χ0v) is 15.5. The standard InChI is InChI=1S/C24H17N3O2/c28-27(29)24-22-21(19-13-5-9-15-7-1-3-11-17(15)19)26(22)23(25-24)20-14-6-10-16-8-2-4-12-18(16)20/h1-14,21-23H. The monoisotopic (exact) mass is 379 g/mol. The highest BCUT2D eigenvalue weighted by atomic mass is 16.6. The molecular weight excluding hydrogens is 362 g/mol. The maximum absolute atomic E-state index is 11.8. The summed E-state index contributed by atoms with van der Waals surface area (Å²) in [5.74, 6) is 0.0702. The molecule has 2 heterocycles. The molecule has 140 valence electrons. The Bertz CT molecular complexity index is 1320. The maximum atomic E-state index is 11.8. The van der Waals surface area contributed by atoms with Crippen LogP contribution in [0.4, 0.5) is 0 Å². The fourth-order valence-electron chi connectivity index (χ4n) is 4.79. The third kappa shape index (κ3) is 2.34. The second-order valence-electron chi connectivity index (χ2n) is 7.59. The number of aliphatic imine (C=N–C) groups is 1. The minimum atomic E-state index is -0.338. The summed E-state index contributed by atoms with van der Waals surface area (Å²) in [4.78, 5) is 18.2. The van der Waals surface area contributed by atoms with Crippen molar-refractivity contribution < 1.29 is 4.92 Å². The van der Waals surface area contributed by atoms with Crippen LogP contribution in [0, 0.1) is 10.1 Å². The van der Waals surface area contributed by atoms with E-state index in [0.717, 1.165) is 32.7 Å². The van der Waals surface area contributed by atoms with Crippen LogP contribution < -0.4 is 0 Å². The van der Waals surface area contributed by atoms with Gasteiger partial charge < -0.3 is 10.1 Å². The van der Waals surface area contributed by atoms with Gasteiger partial charge in [0.05, 0.1) is 6.04 Å². The summed E-state index contributed by atoms with van der Waals surface area (Å²) in [6, 6.07) is 28.3. The first kappa shape index (κ1) is 16.4. The van der Waals surface area contributed by atoms with Gasteiger partial charge in [0.25, 0.3) is 0 Å². The predicted octanol–water partition coefficient (Wildman–Crippen LogP) is 5.11. The average Bonchev–Trinajstić information content (AvgIpc) is 3.35. The minimum Gasteiger partial charge on any atom is -0.358 e. The van der Waals surface area contributed by atoms with Gasteiger partial charge in [-0.05, 0) is 32.0 Å². The molecule has 0 aromatic heterocycles. The lowest BCUT2D eigenvalue weighted by Crippen LogP contribution is -2.17. The number of hydrogen-bond acceptors (Lipinski definition) is 4. The third-order valence-corrected chi connectivity index (χ3v) is 6.08. The number of amidine groups is 1. The summed E-state index contributed by atoms with van der Waals surface area (Å²) >= 11 is 0. The van der Waals surface area contributed by atoms with Crippen LogP contribution in [0.3, 0.4) is 0 Å². The maximum Gasteiger partial charge on any atom is 0.354 e. The molecule has 0 aliphatic carbocycles. The van der Waals surface area contributed by atoms with Gasteiger partial charge in [0.1, 0.15) is 6.04 Å². The lowest BCUT2D eigenvalue weighted by Gasteiger charge is -2.13. The van der Waals surface area contributed by atoms with Crippen LogP contribution in [-0.4, -0.2) is 21.7 Å². The van der Waals surface area contributed by atoms with Crippen LogP contribution in [0.5, 0.6) is 0 Å². The van der Waals surface area contributed by atoms with Crippen molar-refractivity contribution in [3.05, 3.63) is 106 Å². The molecule has 0 spiro atoms. The van der Waals surface area contributed by atoms with E-state index in [1.54, 1.807) is 0 Å². The number of hydrogen-bond donors (Lipinski definition) is 0. The SMILES string of the molecule is O=[N+]([O-])C1=NC(c2cccc3ccccc23)N2C1C2c1cccc2ccccc12. The molecule has 29 heavy (non-hydrogen) atoms. The van der Waals surface area contributed by atoms with Gasteiger partial charge in [0, 0.05) is 5.56 Å². The smallest absolute Gasteiger partial charge is 0.354 e. The number of benzene rings is 4. The topological polar surface area (TPSA) is 58.5 Å². The molecule has 0 bridgehead atoms. The molecule has 0 radical (unpaired) electrons. The van der Waals surface area contributed by atoms with Crippen molar-refractivity contribution in [1.82, 2.24) is 4.90 Å². The van der Waals surface area contributed by atoms with Crippen LogP contribution >= 0.6 is 0 Å². The van der Waals surface area contributed by atoms with Gasteiger partial charge in [-0.1, -0.05) is 89.9 Å². The number of nitro groups is 1. The number of nitrogens with zero attached hydrogens (tertiary/aromatic N) is 3. The van der Waals surface area contributed by atoms with Gasteiger partial charge in [0.2, 0.25) is 6.17 Å². The van der Waals surface area contributed by atoms with Crippen molar-refractivity contribution in [2.75, 3.05) is 0 Å². The third-order valence-electron chi connectivity index (χ3n) is 6.08. The van der Waals surface area contributed by atoms with Crippen molar-refractivity contribution in [2.45, 2.75) is 18.2 Å². The summed E-state index contributed by atoms with van der Waals surface area (Å²) in [6.07, 6.45) is -0.338. The van der Waals surface area contributed by atoms with E-state index in [1.165, 1.54) is 0 Å². The summed E-state index contributed by atoms with van der Waals surface area (Å²) in [5, 5.41) is 16.3. The lowest BCUT2D eigenvalue weighted by atomic mass is 9.99. The van der Waals surface area contributed by atoms with Crippen molar-refractivity contribution in [3.8, 4) is 0 Å². The Kier molecular flexibility index (Phi) is 3.37. The molecule has 0 saturated carbocycles. The number of rotatable bonds is 2. The minimum absolute atomic E-state index is 0.0250. The van der Waals surface area contributed by atoms with Gasteiger partial charge in [-0.15, -0.1) is 0 Å². The Hall–Kier alpha value is -3.57.